The van der Waals surface area contributed by atoms with E-state index >= 15 is 0 Å². The second-order valence-electron chi connectivity index (χ2n) is 8.34. The van der Waals surface area contributed by atoms with Gasteiger partial charge in [-0.15, -0.1) is 0 Å². The van der Waals surface area contributed by atoms with Crippen LogP contribution in [0.2, 0.25) is 0 Å². The Morgan fingerprint density at radius 1 is 1.10 bits per heavy atom. The van der Waals surface area contributed by atoms with Crippen molar-refractivity contribution in [3.63, 3.8) is 0 Å². The van der Waals surface area contributed by atoms with E-state index in [4.69, 9.17) is 5.73 Å². The summed E-state index contributed by atoms with van der Waals surface area (Å²) in [6.07, 6.45) is -2.38. The number of hydrogen-bond donors (Lipinski definition) is 1. The van der Waals surface area contributed by atoms with Crippen molar-refractivity contribution in [3.8, 4) is 0 Å². The highest BCUT2D eigenvalue weighted by atomic mass is 32.2. The van der Waals surface area contributed by atoms with E-state index in [1.165, 1.54) is 10.4 Å². The van der Waals surface area contributed by atoms with E-state index in [0.717, 1.165) is 12.1 Å². The second-order valence-corrected chi connectivity index (χ2v) is 10.2. The standard InChI is InChI=1S/C19H26F3N3O3S/c1-18(2,23)17(26)24-10-8-15(9-11-24)25(14-6-7-14)29(27,28)16-5-3-4-13(12-16)19(20,21)22/h3-5,12,14-15H,6-11,23H2,1-2H3. The Morgan fingerprint density at radius 2 is 1.66 bits per heavy atom. The number of carbonyl (C=O) groups excluding carboxylic acids is 1. The average molecular weight is 433 g/mol. The van der Waals surface area contributed by atoms with Gasteiger partial charge in [0.25, 0.3) is 0 Å². The quantitative estimate of drug-likeness (QED) is 0.774. The number of rotatable bonds is 5. The van der Waals surface area contributed by atoms with Crippen LogP contribution in [0.25, 0.3) is 0 Å². The molecule has 10 heteroatoms. The van der Waals surface area contributed by atoms with Crippen molar-refractivity contribution in [3.05, 3.63) is 29.8 Å². The van der Waals surface area contributed by atoms with Crippen molar-refractivity contribution < 1.29 is 26.4 Å². The maximum absolute atomic E-state index is 13.2. The number of amides is 1. The molecule has 0 atom stereocenters. The van der Waals surface area contributed by atoms with E-state index in [1.807, 2.05) is 0 Å². The van der Waals surface area contributed by atoms with Gasteiger partial charge in [0, 0.05) is 25.2 Å². The van der Waals surface area contributed by atoms with Gasteiger partial charge in [-0.3, -0.25) is 4.79 Å². The number of piperidine rings is 1. The first-order valence-electron chi connectivity index (χ1n) is 9.61. The van der Waals surface area contributed by atoms with Gasteiger partial charge in [-0.2, -0.15) is 17.5 Å². The summed E-state index contributed by atoms with van der Waals surface area (Å²) in [4.78, 5) is 13.6. The molecule has 1 saturated heterocycles. The van der Waals surface area contributed by atoms with Gasteiger partial charge in [-0.25, -0.2) is 8.42 Å². The van der Waals surface area contributed by atoms with E-state index < -0.39 is 27.3 Å². The SMILES string of the molecule is CC(C)(N)C(=O)N1CCC(N(C2CC2)S(=O)(=O)c2cccc(C(F)(F)F)c2)CC1. The first kappa shape index (κ1) is 22.0. The van der Waals surface area contributed by atoms with Crippen LogP contribution in [0.5, 0.6) is 0 Å². The molecule has 1 heterocycles. The van der Waals surface area contributed by atoms with Crippen molar-refractivity contribution in [2.45, 2.75) is 68.2 Å². The van der Waals surface area contributed by atoms with E-state index in [-0.39, 0.29) is 22.9 Å². The largest absolute Gasteiger partial charge is 0.416 e. The third kappa shape index (κ3) is 4.75. The van der Waals surface area contributed by atoms with Gasteiger partial charge in [0.05, 0.1) is 16.0 Å². The number of sulfonamides is 1. The number of alkyl halides is 3. The van der Waals surface area contributed by atoms with E-state index in [1.54, 1.807) is 18.7 Å². The zero-order valence-corrected chi connectivity index (χ0v) is 17.3. The molecule has 0 radical (unpaired) electrons. The second kappa shape index (κ2) is 7.55. The van der Waals surface area contributed by atoms with Crippen LogP contribution in [0.1, 0.15) is 45.1 Å². The number of carbonyl (C=O) groups is 1. The monoisotopic (exact) mass is 433 g/mol. The molecule has 1 saturated carbocycles. The van der Waals surface area contributed by atoms with Gasteiger partial charge in [0.15, 0.2) is 0 Å². The summed E-state index contributed by atoms with van der Waals surface area (Å²) in [6.45, 7) is 3.98. The minimum absolute atomic E-state index is 0.199. The summed E-state index contributed by atoms with van der Waals surface area (Å²) in [5.74, 6) is -0.199. The lowest BCUT2D eigenvalue weighted by atomic mass is 10.00. The molecule has 0 unspecified atom stereocenters. The highest BCUT2D eigenvalue weighted by Gasteiger charge is 2.44. The van der Waals surface area contributed by atoms with Crippen LogP contribution in [0.3, 0.4) is 0 Å². The summed E-state index contributed by atoms with van der Waals surface area (Å²) in [5, 5.41) is 0. The molecular weight excluding hydrogens is 407 g/mol. The molecule has 2 fully saturated rings. The Bertz CT molecular complexity index is 869. The van der Waals surface area contributed by atoms with E-state index in [9.17, 15) is 26.4 Å². The fraction of sp³-hybridized carbons (Fsp3) is 0.632. The van der Waals surface area contributed by atoms with Crippen LogP contribution in [0, 0.1) is 0 Å². The van der Waals surface area contributed by atoms with E-state index in [0.29, 0.717) is 44.8 Å². The van der Waals surface area contributed by atoms with E-state index in [2.05, 4.69) is 0 Å². The minimum Gasteiger partial charge on any atom is -0.341 e. The lowest BCUT2D eigenvalue weighted by Gasteiger charge is -2.39. The molecule has 1 aliphatic carbocycles. The maximum atomic E-state index is 13.2. The molecule has 0 spiro atoms. The molecule has 1 aliphatic heterocycles. The average Bonchev–Trinajstić information content (AvgIpc) is 3.45. The van der Waals surface area contributed by atoms with Crippen LogP contribution >= 0.6 is 0 Å². The molecule has 29 heavy (non-hydrogen) atoms. The first-order chi connectivity index (χ1) is 13.3. The number of halogens is 3. The van der Waals surface area contributed by atoms with Crippen LogP contribution in [0.4, 0.5) is 13.2 Å². The molecule has 3 rings (SSSR count). The minimum atomic E-state index is -4.61. The number of likely N-dealkylation sites (tertiary alicyclic amines) is 1. The maximum Gasteiger partial charge on any atom is 0.416 e. The molecule has 1 amide bonds. The smallest absolute Gasteiger partial charge is 0.341 e. The van der Waals surface area contributed by atoms with Crippen molar-refractivity contribution >= 4 is 15.9 Å². The third-order valence-corrected chi connectivity index (χ3v) is 7.31. The third-order valence-electron chi connectivity index (χ3n) is 5.31. The Labute approximate surface area is 168 Å². The summed E-state index contributed by atoms with van der Waals surface area (Å²) < 4.78 is 66.9. The van der Waals surface area contributed by atoms with Crippen molar-refractivity contribution in [1.29, 1.82) is 0 Å². The van der Waals surface area contributed by atoms with Gasteiger partial charge in [0.2, 0.25) is 15.9 Å². The predicted molar refractivity (Wildman–Crippen MR) is 101 cm³/mol. The number of nitrogens with two attached hydrogens (primary N) is 1. The predicted octanol–water partition coefficient (Wildman–Crippen LogP) is 2.59. The van der Waals surface area contributed by atoms with Crippen LogP contribution in [-0.4, -0.2) is 54.2 Å². The molecule has 2 N–H and O–H groups in total. The van der Waals surface area contributed by atoms with Crippen molar-refractivity contribution in [2.24, 2.45) is 5.73 Å². The van der Waals surface area contributed by atoms with Crippen molar-refractivity contribution in [2.75, 3.05) is 13.1 Å². The topological polar surface area (TPSA) is 83.7 Å². The zero-order valence-electron chi connectivity index (χ0n) is 16.4. The fourth-order valence-corrected chi connectivity index (χ4v) is 5.68. The molecule has 2 aliphatic rings. The van der Waals surface area contributed by atoms with Crippen LogP contribution in [-0.2, 0) is 21.0 Å². The lowest BCUT2D eigenvalue weighted by Crippen LogP contribution is -2.55. The van der Waals surface area contributed by atoms with Gasteiger partial charge in [-0.05, 0) is 57.7 Å². The molecule has 0 aromatic heterocycles. The Hall–Kier alpha value is -1.65. The highest BCUT2D eigenvalue weighted by Crippen LogP contribution is 2.38. The van der Waals surface area contributed by atoms with Gasteiger partial charge in [0.1, 0.15) is 0 Å². The summed E-state index contributed by atoms with van der Waals surface area (Å²) in [5.41, 5.74) is 3.87. The Balaban J connectivity index is 1.82. The molecular formula is C19H26F3N3O3S. The molecule has 162 valence electrons. The first-order valence-corrected chi connectivity index (χ1v) is 11.0. The summed E-state index contributed by atoms with van der Waals surface area (Å²) in [7, 11) is -4.08. The van der Waals surface area contributed by atoms with Gasteiger partial charge < -0.3 is 10.6 Å². The van der Waals surface area contributed by atoms with Crippen LogP contribution in [0.15, 0.2) is 29.2 Å². The Kier molecular flexibility index (Phi) is 5.74. The Morgan fingerprint density at radius 3 is 2.14 bits per heavy atom. The fourth-order valence-electron chi connectivity index (χ4n) is 3.71. The normalized spacial score (nSPS) is 19.6. The number of hydrogen-bond acceptors (Lipinski definition) is 4. The molecule has 1 aromatic carbocycles. The highest BCUT2D eigenvalue weighted by molar-refractivity contribution is 7.89. The van der Waals surface area contributed by atoms with Crippen molar-refractivity contribution in [1.82, 2.24) is 9.21 Å². The lowest BCUT2D eigenvalue weighted by molar-refractivity contribution is -0.138. The molecule has 6 nitrogen and oxygen atoms in total. The van der Waals surface area contributed by atoms with Gasteiger partial charge in [-0.1, -0.05) is 6.07 Å². The van der Waals surface area contributed by atoms with Gasteiger partial charge >= 0.3 is 6.18 Å². The molecule has 0 bridgehead atoms. The number of nitrogens with zero attached hydrogens (tertiary/aromatic N) is 2. The molecule has 1 aromatic rings. The number of benzene rings is 1. The summed E-state index contributed by atoms with van der Waals surface area (Å²) in [6, 6.07) is 3.32. The zero-order chi connectivity index (χ0) is 21.6. The van der Waals surface area contributed by atoms with Crippen LogP contribution < -0.4 is 5.73 Å². The summed E-state index contributed by atoms with van der Waals surface area (Å²) >= 11 is 0.